The lowest BCUT2D eigenvalue weighted by molar-refractivity contribution is 0.386. The number of fused-ring (bicyclic) bond motifs is 1. The third kappa shape index (κ3) is 2.23. The second kappa shape index (κ2) is 5.00. The number of nitrogen functional groups attached to an aromatic ring is 1. The molecular formula is C14H10BrF2N3O. The Balaban J connectivity index is 2.29. The number of hydrogen-bond acceptors (Lipinski definition) is 3. The summed E-state index contributed by atoms with van der Waals surface area (Å²) in [7, 11) is 1.37. The van der Waals surface area contributed by atoms with Crippen molar-refractivity contribution in [1.29, 1.82) is 0 Å². The Hall–Kier alpha value is -2.15. The Morgan fingerprint density at radius 1 is 1.19 bits per heavy atom. The number of halogens is 3. The third-order valence-corrected chi connectivity index (χ3v) is 3.72. The second-order valence-corrected chi connectivity index (χ2v) is 5.23. The van der Waals surface area contributed by atoms with Gasteiger partial charge in [-0.05, 0) is 34.1 Å². The van der Waals surface area contributed by atoms with E-state index in [4.69, 9.17) is 10.5 Å². The molecule has 21 heavy (non-hydrogen) atoms. The quantitative estimate of drug-likeness (QED) is 0.764. The van der Waals surface area contributed by atoms with Gasteiger partial charge in [0.15, 0.2) is 11.6 Å². The van der Waals surface area contributed by atoms with Gasteiger partial charge in [0.2, 0.25) is 5.95 Å². The fourth-order valence-electron chi connectivity index (χ4n) is 2.15. The predicted molar refractivity (Wildman–Crippen MR) is 79.7 cm³/mol. The Morgan fingerprint density at radius 3 is 2.67 bits per heavy atom. The fourth-order valence-corrected chi connectivity index (χ4v) is 2.48. The van der Waals surface area contributed by atoms with Crippen LogP contribution in [0.2, 0.25) is 0 Å². The van der Waals surface area contributed by atoms with Crippen LogP contribution in [0.3, 0.4) is 0 Å². The number of methoxy groups -OCH3 is 1. The molecule has 4 nitrogen and oxygen atoms in total. The largest absolute Gasteiger partial charge is 0.494 e. The molecule has 0 saturated heterocycles. The molecule has 0 unspecified atom stereocenters. The number of rotatable bonds is 2. The van der Waals surface area contributed by atoms with Crippen molar-refractivity contribution in [2.75, 3.05) is 12.8 Å². The summed E-state index contributed by atoms with van der Waals surface area (Å²) >= 11 is 3.10. The van der Waals surface area contributed by atoms with E-state index < -0.39 is 11.6 Å². The summed E-state index contributed by atoms with van der Waals surface area (Å²) in [6, 6.07) is 7.12. The lowest BCUT2D eigenvalue weighted by atomic mass is 10.2. The standard InChI is InChI=1S/C14H10BrF2N3O/c1-21-13-4-7(2-3-9(13)16)20-12-6-10(17)8(15)5-11(12)19-14(20)18/h2-6H,1H3,(H2,18,19). The Labute approximate surface area is 127 Å². The topological polar surface area (TPSA) is 53.1 Å². The van der Waals surface area contributed by atoms with Gasteiger partial charge in [0.1, 0.15) is 5.82 Å². The van der Waals surface area contributed by atoms with Gasteiger partial charge < -0.3 is 10.5 Å². The molecule has 0 bridgehead atoms. The minimum atomic E-state index is -0.488. The molecule has 3 aromatic rings. The maximum atomic E-state index is 13.7. The number of hydrogen-bond donors (Lipinski definition) is 1. The second-order valence-electron chi connectivity index (χ2n) is 4.38. The van der Waals surface area contributed by atoms with Crippen molar-refractivity contribution in [3.05, 3.63) is 46.4 Å². The molecule has 1 aromatic heterocycles. The zero-order chi connectivity index (χ0) is 15.1. The van der Waals surface area contributed by atoms with Crippen molar-refractivity contribution in [3.63, 3.8) is 0 Å². The summed E-state index contributed by atoms with van der Waals surface area (Å²) in [6.45, 7) is 0. The van der Waals surface area contributed by atoms with E-state index in [1.807, 2.05) is 0 Å². The van der Waals surface area contributed by atoms with Crippen LogP contribution in [0.25, 0.3) is 16.7 Å². The van der Waals surface area contributed by atoms with Gasteiger partial charge in [-0.3, -0.25) is 4.57 Å². The van der Waals surface area contributed by atoms with Gasteiger partial charge in [-0.2, -0.15) is 0 Å². The highest BCUT2D eigenvalue weighted by molar-refractivity contribution is 9.10. The van der Waals surface area contributed by atoms with Gasteiger partial charge in [0.05, 0.1) is 28.3 Å². The minimum absolute atomic E-state index is 0.0753. The third-order valence-electron chi connectivity index (χ3n) is 3.12. The average molecular weight is 354 g/mol. The lowest BCUT2D eigenvalue weighted by Crippen LogP contribution is -2.01. The molecule has 0 fully saturated rings. The van der Waals surface area contributed by atoms with Crippen molar-refractivity contribution in [2.24, 2.45) is 0 Å². The maximum absolute atomic E-state index is 13.7. The van der Waals surface area contributed by atoms with Gasteiger partial charge in [0, 0.05) is 12.1 Å². The Bertz CT molecular complexity index is 848. The van der Waals surface area contributed by atoms with E-state index in [2.05, 4.69) is 20.9 Å². The summed E-state index contributed by atoms with van der Waals surface area (Å²) in [4.78, 5) is 4.18. The van der Waals surface area contributed by atoms with Crippen LogP contribution in [0.5, 0.6) is 5.75 Å². The molecule has 0 aliphatic carbocycles. The van der Waals surface area contributed by atoms with E-state index in [9.17, 15) is 8.78 Å². The molecule has 0 saturated carbocycles. The highest BCUT2D eigenvalue weighted by atomic mass is 79.9. The number of aromatic nitrogens is 2. The Kier molecular flexibility index (Phi) is 3.29. The van der Waals surface area contributed by atoms with Crippen LogP contribution in [0.4, 0.5) is 14.7 Å². The smallest absolute Gasteiger partial charge is 0.205 e. The van der Waals surface area contributed by atoms with Crippen LogP contribution in [-0.2, 0) is 0 Å². The van der Waals surface area contributed by atoms with Crippen molar-refractivity contribution in [2.45, 2.75) is 0 Å². The molecule has 3 rings (SSSR count). The van der Waals surface area contributed by atoms with Crippen LogP contribution >= 0.6 is 15.9 Å². The first-order chi connectivity index (χ1) is 10.0. The molecule has 0 radical (unpaired) electrons. The number of nitrogens with zero attached hydrogens (tertiary/aromatic N) is 2. The van der Waals surface area contributed by atoms with Crippen LogP contribution < -0.4 is 10.5 Å². The summed E-state index contributed by atoms with van der Waals surface area (Å²) in [5.74, 6) is -0.668. The molecule has 0 spiro atoms. The number of ether oxygens (including phenoxy) is 1. The van der Waals surface area contributed by atoms with Crippen molar-refractivity contribution >= 4 is 32.9 Å². The number of benzene rings is 2. The molecule has 7 heteroatoms. The van der Waals surface area contributed by atoms with E-state index in [-0.39, 0.29) is 11.7 Å². The Morgan fingerprint density at radius 2 is 1.95 bits per heavy atom. The van der Waals surface area contributed by atoms with Crippen LogP contribution in [0.1, 0.15) is 0 Å². The van der Waals surface area contributed by atoms with Crippen LogP contribution in [-0.4, -0.2) is 16.7 Å². The van der Waals surface area contributed by atoms with Crippen molar-refractivity contribution in [3.8, 4) is 11.4 Å². The van der Waals surface area contributed by atoms with Crippen molar-refractivity contribution in [1.82, 2.24) is 9.55 Å². The number of anilines is 1. The summed E-state index contributed by atoms with van der Waals surface area (Å²) in [5.41, 5.74) is 7.45. The first-order valence-corrected chi connectivity index (χ1v) is 6.77. The van der Waals surface area contributed by atoms with Gasteiger partial charge in [-0.25, -0.2) is 13.8 Å². The molecule has 2 N–H and O–H groups in total. The predicted octanol–water partition coefficient (Wildman–Crippen LogP) is 3.66. The fraction of sp³-hybridized carbons (Fsp3) is 0.0714. The molecule has 1 heterocycles. The monoisotopic (exact) mass is 353 g/mol. The molecule has 0 aliphatic rings. The summed E-state index contributed by atoms with van der Waals surface area (Å²) < 4.78 is 34.0. The highest BCUT2D eigenvalue weighted by Crippen LogP contribution is 2.29. The highest BCUT2D eigenvalue weighted by Gasteiger charge is 2.14. The molecule has 0 aliphatic heterocycles. The maximum Gasteiger partial charge on any atom is 0.205 e. The van der Waals surface area contributed by atoms with Crippen LogP contribution in [0.15, 0.2) is 34.8 Å². The molecule has 108 valence electrons. The lowest BCUT2D eigenvalue weighted by Gasteiger charge is -2.09. The van der Waals surface area contributed by atoms with E-state index in [1.165, 1.54) is 42.0 Å². The number of nitrogens with two attached hydrogens (primary N) is 1. The first-order valence-electron chi connectivity index (χ1n) is 5.98. The van der Waals surface area contributed by atoms with Gasteiger partial charge in [0.25, 0.3) is 0 Å². The normalized spacial score (nSPS) is 11.0. The van der Waals surface area contributed by atoms with E-state index >= 15 is 0 Å². The van der Waals surface area contributed by atoms with E-state index in [1.54, 1.807) is 0 Å². The van der Waals surface area contributed by atoms with Gasteiger partial charge >= 0.3 is 0 Å². The average Bonchev–Trinajstić information content (AvgIpc) is 2.75. The van der Waals surface area contributed by atoms with E-state index in [0.717, 1.165) is 0 Å². The zero-order valence-electron chi connectivity index (χ0n) is 10.9. The zero-order valence-corrected chi connectivity index (χ0v) is 12.5. The SMILES string of the molecule is COc1cc(-n2c(N)nc3cc(Br)c(F)cc32)ccc1F. The van der Waals surface area contributed by atoms with E-state index in [0.29, 0.717) is 21.2 Å². The molecular weight excluding hydrogens is 344 g/mol. The number of imidazole rings is 1. The van der Waals surface area contributed by atoms with Gasteiger partial charge in [-0.1, -0.05) is 0 Å². The minimum Gasteiger partial charge on any atom is -0.494 e. The molecule has 2 aromatic carbocycles. The first kappa shape index (κ1) is 13.8. The summed E-state index contributed by atoms with van der Waals surface area (Å²) in [6.07, 6.45) is 0. The molecule has 0 atom stereocenters. The van der Waals surface area contributed by atoms with Crippen LogP contribution in [0, 0.1) is 11.6 Å². The summed E-state index contributed by atoms with van der Waals surface area (Å²) in [5, 5.41) is 0. The van der Waals surface area contributed by atoms with Gasteiger partial charge in [-0.15, -0.1) is 0 Å². The van der Waals surface area contributed by atoms with Crippen molar-refractivity contribution < 1.29 is 13.5 Å². The molecule has 0 amide bonds.